The largest absolute Gasteiger partial charge is 0.310 e. The number of hydrogen-bond donors (Lipinski definition) is 0. The molecule has 128 heavy (non-hydrogen) atoms. The summed E-state index contributed by atoms with van der Waals surface area (Å²) in [5.74, 6) is 0. The maximum atomic E-state index is 2.56. The van der Waals surface area contributed by atoms with E-state index in [1.807, 2.05) is 0 Å². The van der Waals surface area contributed by atoms with E-state index in [-0.39, 0.29) is 27.1 Å². The molecule has 18 aromatic rings. The van der Waals surface area contributed by atoms with Gasteiger partial charge in [-0.05, 0) is 267 Å². The number of anilines is 6. The van der Waals surface area contributed by atoms with Crippen LogP contribution in [0.15, 0.2) is 400 Å². The van der Waals surface area contributed by atoms with E-state index in [1.54, 1.807) is 0 Å². The van der Waals surface area contributed by atoms with Crippen LogP contribution in [0.1, 0.15) is 125 Å². The van der Waals surface area contributed by atoms with Gasteiger partial charge in [0.25, 0.3) is 0 Å². The summed E-state index contributed by atoms with van der Waals surface area (Å²) in [6.07, 6.45) is 0. The topological polar surface area (TPSA) is 6.48 Å². The van der Waals surface area contributed by atoms with Crippen LogP contribution >= 0.6 is 0 Å². The Labute approximate surface area is 755 Å². The first-order valence-electron chi connectivity index (χ1n) is 45.7. The van der Waals surface area contributed by atoms with Gasteiger partial charge in [-0.15, -0.1) is 0 Å². The highest BCUT2D eigenvalue weighted by Crippen LogP contribution is 2.60. The first kappa shape index (κ1) is 78.5. The zero-order chi connectivity index (χ0) is 87.1. The van der Waals surface area contributed by atoms with Crippen molar-refractivity contribution in [2.45, 2.75) is 109 Å². The van der Waals surface area contributed by atoms with Gasteiger partial charge in [0.05, 0.1) is 11.4 Å². The molecule has 0 N–H and O–H groups in total. The molecule has 0 unspecified atom stereocenters. The highest BCUT2D eigenvalue weighted by Gasteiger charge is 2.45. The van der Waals surface area contributed by atoms with Gasteiger partial charge < -0.3 is 9.80 Å². The van der Waals surface area contributed by atoms with Crippen LogP contribution in [-0.2, 0) is 27.1 Å². The second kappa shape index (κ2) is 29.2. The molecule has 1 aliphatic heterocycles. The SMILES string of the molecule is CC1(C)c2cc(-c3ccccc3)ccc2-c2ccc(N(c3ccc4c(c3)[Si](C)(C)c3cc(-c5cccc6c5-c5ccccc5C6(C)C)ccc3-4)c3ccccc3-c3ccccc3)cc21.CC1(C)c2ccccc2-c2ccc(N(c3ccc4c(c3)C(C)(C)c3cc(-c5cccc6c5-c5ccccc5C6(C)C)ccc3-4)c3ccc(-c4ccccc4)cc3-c3ccccc3)cc21. The quantitative estimate of drug-likeness (QED) is 0.113. The van der Waals surface area contributed by atoms with E-state index in [1.165, 1.54) is 217 Å². The summed E-state index contributed by atoms with van der Waals surface area (Å²) in [5, 5.41) is 3.01. The summed E-state index contributed by atoms with van der Waals surface area (Å²) in [6, 6.07) is 151. The van der Waals surface area contributed by atoms with E-state index in [9.17, 15) is 0 Å². The normalized spacial score (nSPS) is 15.1. The van der Waals surface area contributed by atoms with E-state index in [0.717, 1.165) is 17.1 Å². The summed E-state index contributed by atoms with van der Waals surface area (Å²) in [7, 11) is -2.17. The predicted molar refractivity (Wildman–Crippen MR) is 545 cm³/mol. The van der Waals surface area contributed by atoms with Crippen molar-refractivity contribution in [3.8, 4) is 134 Å². The lowest BCUT2D eigenvalue weighted by molar-refractivity contribution is 0.659. The molecule has 0 saturated carbocycles. The molecule has 24 rings (SSSR count). The zero-order valence-electron chi connectivity index (χ0n) is 75.0. The average Bonchev–Trinajstić information content (AvgIpc) is 1.52. The molecule has 0 atom stereocenters. The Kier molecular flexibility index (Phi) is 17.9. The van der Waals surface area contributed by atoms with Gasteiger partial charge in [-0.2, -0.15) is 0 Å². The van der Waals surface area contributed by atoms with Gasteiger partial charge in [-0.1, -0.05) is 404 Å². The summed E-state index contributed by atoms with van der Waals surface area (Å²) in [5.41, 5.74) is 51.4. The molecule has 3 heteroatoms. The number of rotatable bonds is 12. The maximum absolute atomic E-state index is 2.56. The van der Waals surface area contributed by atoms with Crippen molar-refractivity contribution in [1.82, 2.24) is 0 Å². The molecule has 5 aliphatic carbocycles. The van der Waals surface area contributed by atoms with Crippen LogP contribution in [0.4, 0.5) is 34.1 Å². The summed E-state index contributed by atoms with van der Waals surface area (Å²) < 4.78 is 0. The van der Waals surface area contributed by atoms with Crippen LogP contribution in [0.3, 0.4) is 0 Å². The van der Waals surface area contributed by atoms with E-state index >= 15 is 0 Å². The third-order valence-corrected chi connectivity index (χ3v) is 33.7. The average molecular weight is 1660 g/mol. The molecule has 0 spiro atoms. The van der Waals surface area contributed by atoms with E-state index < -0.39 is 8.07 Å². The van der Waals surface area contributed by atoms with Crippen LogP contribution in [0.5, 0.6) is 0 Å². The highest BCUT2D eigenvalue weighted by atomic mass is 28.3. The molecule has 0 aromatic heterocycles. The van der Waals surface area contributed by atoms with Crippen LogP contribution in [0.2, 0.25) is 13.1 Å². The molecule has 1 heterocycles. The Hall–Kier alpha value is -14.2. The Morgan fingerprint density at radius 1 is 0.164 bits per heavy atom. The number of benzene rings is 18. The number of nitrogens with zero attached hydrogens (tertiary/aromatic N) is 2. The van der Waals surface area contributed by atoms with Gasteiger partial charge in [-0.3, -0.25) is 0 Å². The molecular formula is C125H102N2Si. The molecule has 0 saturated heterocycles. The Morgan fingerprint density at radius 2 is 0.445 bits per heavy atom. The summed E-state index contributed by atoms with van der Waals surface area (Å²) in [6.45, 7) is 29.0. The molecule has 0 radical (unpaired) electrons. The lowest BCUT2D eigenvalue weighted by Gasteiger charge is -2.31. The first-order valence-corrected chi connectivity index (χ1v) is 48.7. The monoisotopic (exact) mass is 1660 g/mol. The fraction of sp³-hybridized carbons (Fsp3) is 0.136. The molecule has 0 bridgehead atoms. The van der Waals surface area contributed by atoms with Crippen molar-refractivity contribution < 1.29 is 0 Å². The molecule has 6 aliphatic rings. The smallest absolute Gasteiger partial charge is 0.113 e. The van der Waals surface area contributed by atoms with Gasteiger partial charge in [0, 0.05) is 61.0 Å². The third-order valence-electron chi connectivity index (χ3n) is 30.2. The van der Waals surface area contributed by atoms with Crippen molar-refractivity contribution in [2.75, 3.05) is 9.80 Å². The lowest BCUT2D eigenvalue weighted by atomic mass is 9.80. The summed E-state index contributed by atoms with van der Waals surface area (Å²) >= 11 is 0. The van der Waals surface area contributed by atoms with Crippen molar-refractivity contribution >= 4 is 52.6 Å². The molecule has 18 aromatic carbocycles. The lowest BCUT2D eigenvalue weighted by Crippen LogP contribution is -2.49. The predicted octanol–water partition coefficient (Wildman–Crippen LogP) is 32.6. The molecule has 616 valence electrons. The van der Waals surface area contributed by atoms with Gasteiger partial charge in [0.15, 0.2) is 0 Å². The standard InChI is InChI=1S/C63H51N.C62H51NSi/c1-61(2)54-26-16-14-23-51(54)60-46(24-17-27-55(60)61)43-28-32-48-50-34-31-45(39-58(50)63(5,6)56(48)37-43)64(44-30-33-49-47-22-13-15-25-53(47)62(3,4)57(49)38-44)59-35-29-42(40-18-9-7-10-19-40)36-52(59)41-20-11-8-12-21-41;1-61(2)53-25-15-13-23-52(53)60-47(24-17-26-54(60)61)43-29-33-50-51-35-31-45(39-59(51)64(5,6)58(50)37-43)63(57-27-16-14-22-46(57)41-20-11-8-12-21-41)44-30-34-49-48-32-28-42(40-18-9-7-10-19-40)36-55(48)62(3,4)56(49)38-44/h2*7-39H,1-6H3. The van der Waals surface area contributed by atoms with Crippen molar-refractivity contribution in [2.24, 2.45) is 0 Å². The van der Waals surface area contributed by atoms with Crippen molar-refractivity contribution in [3.05, 3.63) is 456 Å². The minimum absolute atomic E-state index is 0.0329. The Bertz CT molecular complexity index is 7600. The maximum Gasteiger partial charge on any atom is 0.113 e. The van der Waals surface area contributed by atoms with Crippen LogP contribution in [0, 0.1) is 0 Å². The van der Waals surface area contributed by atoms with Gasteiger partial charge >= 0.3 is 0 Å². The molecule has 0 amide bonds. The zero-order valence-corrected chi connectivity index (χ0v) is 76.0. The Morgan fingerprint density at radius 3 is 0.922 bits per heavy atom. The van der Waals surface area contributed by atoms with E-state index in [0.29, 0.717) is 0 Å². The van der Waals surface area contributed by atoms with Crippen molar-refractivity contribution in [1.29, 1.82) is 0 Å². The van der Waals surface area contributed by atoms with Crippen LogP contribution in [0.25, 0.3) is 134 Å². The Balaban J connectivity index is 0.000000146. The highest BCUT2D eigenvalue weighted by molar-refractivity contribution is 7.04. The van der Waals surface area contributed by atoms with Gasteiger partial charge in [0.2, 0.25) is 0 Å². The molecule has 2 nitrogen and oxygen atoms in total. The number of fused-ring (bicyclic) bond motifs is 18. The number of hydrogen-bond acceptors (Lipinski definition) is 2. The second-order valence-electron chi connectivity index (χ2n) is 39.4. The van der Waals surface area contributed by atoms with Crippen LogP contribution in [-0.4, -0.2) is 8.07 Å². The first-order chi connectivity index (χ1) is 62.0. The minimum Gasteiger partial charge on any atom is -0.310 e. The fourth-order valence-electron chi connectivity index (χ4n) is 23.3. The molecular weight excluding hydrogens is 1560 g/mol. The summed E-state index contributed by atoms with van der Waals surface area (Å²) in [4.78, 5) is 5.05. The fourth-order valence-corrected chi connectivity index (χ4v) is 26.4. The van der Waals surface area contributed by atoms with Gasteiger partial charge in [0.1, 0.15) is 8.07 Å². The van der Waals surface area contributed by atoms with E-state index in [2.05, 4.69) is 493 Å². The van der Waals surface area contributed by atoms with Crippen LogP contribution < -0.4 is 20.2 Å². The third kappa shape index (κ3) is 12.0. The number of para-hydroxylation sites is 1. The van der Waals surface area contributed by atoms with E-state index in [4.69, 9.17) is 0 Å². The molecule has 0 fully saturated rings. The second-order valence-corrected chi connectivity index (χ2v) is 43.8. The van der Waals surface area contributed by atoms with Gasteiger partial charge in [-0.25, -0.2) is 0 Å². The minimum atomic E-state index is -2.17. The van der Waals surface area contributed by atoms with Crippen molar-refractivity contribution in [3.63, 3.8) is 0 Å².